The predicted molar refractivity (Wildman–Crippen MR) is 82.8 cm³/mol. The van der Waals surface area contributed by atoms with Crippen molar-refractivity contribution in [2.45, 2.75) is 52.0 Å². The van der Waals surface area contributed by atoms with Gasteiger partial charge in [0.1, 0.15) is 5.82 Å². The van der Waals surface area contributed by atoms with E-state index in [1.807, 2.05) is 0 Å². The number of methoxy groups -OCH3 is 1. The summed E-state index contributed by atoms with van der Waals surface area (Å²) in [5.74, 6) is -1.17. The fourth-order valence-corrected chi connectivity index (χ4v) is 2.21. The van der Waals surface area contributed by atoms with Gasteiger partial charge in [-0.3, -0.25) is 0 Å². The summed E-state index contributed by atoms with van der Waals surface area (Å²) in [5.41, 5.74) is 0.823. The number of carbonyl (C=O) groups is 1. The van der Waals surface area contributed by atoms with E-state index in [0.29, 0.717) is 6.54 Å². The van der Waals surface area contributed by atoms with Crippen LogP contribution in [-0.2, 0) is 11.3 Å². The Morgan fingerprint density at radius 3 is 2.57 bits per heavy atom. The molecule has 4 heteroatoms. The van der Waals surface area contributed by atoms with E-state index in [0.717, 1.165) is 18.5 Å². The van der Waals surface area contributed by atoms with Gasteiger partial charge in [0, 0.05) is 6.54 Å². The highest BCUT2D eigenvalue weighted by Gasteiger charge is 2.11. The fraction of sp³-hybridized carbons (Fsp3) is 0.588. The van der Waals surface area contributed by atoms with E-state index in [-0.39, 0.29) is 5.56 Å². The quantitative estimate of drug-likeness (QED) is 0.522. The molecule has 0 bridgehead atoms. The van der Waals surface area contributed by atoms with Crippen molar-refractivity contribution in [2.24, 2.45) is 0 Å². The van der Waals surface area contributed by atoms with Gasteiger partial charge in [0.25, 0.3) is 0 Å². The van der Waals surface area contributed by atoms with Crippen LogP contribution >= 0.6 is 0 Å². The Balaban J connectivity index is 2.24. The predicted octanol–water partition coefficient (Wildman–Crippen LogP) is 4.06. The Kier molecular flexibility index (Phi) is 8.67. The first-order chi connectivity index (χ1) is 10.2. The molecule has 0 saturated heterocycles. The van der Waals surface area contributed by atoms with Gasteiger partial charge in [-0.1, -0.05) is 45.1 Å². The van der Waals surface area contributed by atoms with E-state index < -0.39 is 11.8 Å². The summed E-state index contributed by atoms with van der Waals surface area (Å²) < 4.78 is 18.2. The SMILES string of the molecule is CCCCCCCCNCc1ccc(C(=O)OC)c(F)c1. The molecule has 118 valence electrons. The average Bonchev–Trinajstić information content (AvgIpc) is 2.49. The molecular formula is C17H26FNO2. The Morgan fingerprint density at radius 2 is 1.90 bits per heavy atom. The lowest BCUT2D eigenvalue weighted by Gasteiger charge is -2.07. The molecule has 0 aromatic heterocycles. The van der Waals surface area contributed by atoms with Crippen LogP contribution in [0.15, 0.2) is 18.2 Å². The number of unbranched alkanes of at least 4 members (excludes halogenated alkanes) is 5. The van der Waals surface area contributed by atoms with Crippen molar-refractivity contribution in [1.29, 1.82) is 0 Å². The summed E-state index contributed by atoms with van der Waals surface area (Å²) >= 11 is 0. The summed E-state index contributed by atoms with van der Waals surface area (Å²) in [6, 6.07) is 4.62. The second-order valence-corrected chi connectivity index (χ2v) is 5.25. The number of esters is 1. The minimum Gasteiger partial charge on any atom is -0.465 e. The molecule has 0 atom stereocenters. The second-order valence-electron chi connectivity index (χ2n) is 5.25. The highest BCUT2D eigenvalue weighted by atomic mass is 19.1. The highest BCUT2D eigenvalue weighted by Crippen LogP contribution is 2.11. The van der Waals surface area contributed by atoms with Crippen LogP contribution in [0.1, 0.15) is 61.4 Å². The second kappa shape index (κ2) is 10.3. The Labute approximate surface area is 126 Å². The van der Waals surface area contributed by atoms with E-state index in [1.54, 1.807) is 6.07 Å². The molecular weight excluding hydrogens is 269 g/mol. The van der Waals surface area contributed by atoms with Crippen LogP contribution in [0.25, 0.3) is 0 Å². The van der Waals surface area contributed by atoms with E-state index >= 15 is 0 Å². The first-order valence-electron chi connectivity index (χ1n) is 7.76. The maximum atomic E-state index is 13.7. The van der Waals surface area contributed by atoms with Gasteiger partial charge in [-0.05, 0) is 30.7 Å². The fourth-order valence-electron chi connectivity index (χ4n) is 2.21. The van der Waals surface area contributed by atoms with Crippen LogP contribution in [-0.4, -0.2) is 19.6 Å². The van der Waals surface area contributed by atoms with Crippen LogP contribution in [0.5, 0.6) is 0 Å². The molecule has 0 aliphatic rings. The molecule has 1 aromatic carbocycles. The lowest BCUT2D eigenvalue weighted by molar-refractivity contribution is 0.0595. The maximum absolute atomic E-state index is 13.7. The summed E-state index contributed by atoms with van der Waals surface area (Å²) in [6.45, 7) is 3.77. The summed E-state index contributed by atoms with van der Waals surface area (Å²) in [4.78, 5) is 11.3. The molecule has 0 fully saturated rings. The largest absolute Gasteiger partial charge is 0.465 e. The van der Waals surface area contributed by atoms with Crippen LogP contribution in [0, 0.1) is 5.82 Å². The number of ether oxygens (including phenoxy) is 1. The molecule has 0 saturated carbocycles. The minimum atomic E-state index is -0.640. The van der Waals surface area contributed by atoms with Crippen molar-refractivity contribution in [1.82, 2.24) is 5.32 Å². The zero-order valence-corrected chi connectivity index (χ0v) is 13.1. The molecule has 0 spiro atoms. The third-order valence-corrected chi connectivity index (χ3v) is 3.48. The Bertz CT molecular complexity index is 435. The molecule has 0 aliphatic carbocycles. The van der Waals surface area contributed by atoms with Gasteiger partial charge < -0.3 is 10.1 Å². The topological polar surface area (TPSA) is 38.3 Å². The molecule has 0 radical (unpaired) electrons. The van der Waals surface area contributed by atoms with Crippen molar-refractivity contribution in [3.8, 4) is 0 Å². The Morgan fingerprint density at radius 1 is 1.19 bits per heavy atom. The van der Waals surface area contributed by atoms with Crippen LogP contribution in [0.3, 0.4) is 0 Å². The molecule has 1 aromatic rings. The standard InChI is InChI=1S/C17H26FNO2/c1-3-4-5-6-7-8-11-19-13-14-9-10-15(16(18)12-14)17(20)21-2/h9-10,12,19H,3-8,11,13H2,1-2H3. The number of benzene rings is 1. The first-order valence-corrected chi connectivity index (χ1v) is 7.76. The number of hydrogen-bond donors (Lipinski definition) is 1. The van der Waals surface area contributed by atoms with Gasteiger partial charge in [0.15, 0.2) is 0 Å². The molecule has 0 unspecified atom stereocenters. The third-order valence-electron chi connectivity index (χ3n) is 3.48. The van der Waals surface area contributed by atoms with Crippen LogP contribution in [0.2, 0.25) is 0 Å². The lowest BCUT2D eigenvalue weighted by Crippen LogP contribution is -2.15. The smallest absolute Gasteiger partial charge is 0.340 e. The van der Waals surface area contributed by atoms with Crippen molar-refractivity contribution in [3.05, 3.63) is 35.1 Å². The highest BCUT2D eigenvalue weighted by molar-refractivity contribution is 5.89. The van der Waals surface area contributed by atoms with Gasteiger partial charge >= 0.3 is 5.97 Å². The number of hydrogen-bond acceptors (Lipinski definition) is 3. The Hall–Kier alpha value is -1.42. The van der Waals surface area contributed by atoms with Gasteiger partial charge in [0.2, 0.25) is 0 Å². The zero-order valence-electron chi connectivity index (χ0n) is 13.1. The molecule has 21 heavy (non-hydrogen) atoms. The van der Waals surface area contributed by atoms with Crippen LogP contribution in [0.4, 0.5) is 4.39 Å². The first kappa shape index (κ1) is 17.6. The molecule has 1 rings (SSSR count). The van der Waals surface area contributed by atoms with Crippen molar-refractivity contribution in [2.75, 3.05) is 13.7 Å². The van der Waals surface area contributed by atoms with Gasteiger partial charge in [-0.15, -0.1) is 0 Å². The lowest BCUT2D eigenvalue weighted by atomic mass is 10.1. The summed E-state index contributed by atoms with van der Waals surface area (Å²) in [7, 11) is 1.25. The number of nitrogens with one attached hydrogen (secondary N) is 1. The molecule has 0 aliphatic heterocycles. The van der Waals surface area contributed by atoms with Gasteiger partial charge in [0.05, 0.1) is 12.7 Å². The van der Waals surface area contributed by atoms with E-state index in [2.05, 4.69) is 17.0 Å². The molecule has 0 amide bonds. The summed E-state index contributed by atoms with van der Waals surface area (Å²) in [5, 5.41) is 3.30. The van der Waals surface area contributed by atoms with Crippen molar-refractivity contribution in [3.63, 3.8) is 0 Å². The normalized spacial score (nSPS) is 10.6. The molecule has 3 nitrogen and oxygen atoms in total. The summed E-state index contributed by atoms with van der Waals surface area (Å²) in [6.07, 6.45) is 7.58. The van der Waals surface area contributed by atoms with E-state index in [9.17, 15) is 9.18 Å². The number of carbonyl (C=O) groups excluding carboxylic acids is 1. The van der Waals surface area contributed by atoms with Crippen molar-refractivity contribution >= 4 is 5.97 Å². The monoisotopic (exact) mass is 295 g/mol. The van der Waals surface area contributed by atoms with Gasteiger partial charge in [-0.25, -0.2) is 9.18 Å². The molecule has 1 N–H and O–H groups in total. The zero-order chi connectivity index (χ0) is 15.5. The maximum Gasteiger partial charge on any atom is 0.340 e. The van der Waals surface area contributed by atoms with E-state index in [4.69, 9.17) is 0 Å². The minimum absolute atomic E-state index is 0.0165. The number of rotatable bonds is 10. The van der Waals surface area contributed by atoms with E-state index in [1.165, 1.54) is 51.3 Å². The average molecular weight is 295 g/mol. The molecule has 0 heterocycles. The number of halogens is 1. The van der Waals surface area contributed by atoms with Crippen LogP contribution < -0.4 is 5.32 Å². The van der Waals surface area contributed by atoms with Crippen molar-refractivity contribution < 1.29 is 13.9 Å². The van der Waals surface area contributed by atoms with Gasteiger partial charge in [-0.2, -0.15) is 0 Å². The third kappa shape index (κ3) is 6.71.